The lowest BCUT2D eigenvalue weighted by molar-refractivity contribution is -0.139. The monoisotopic (exact) mass is 447 g/mol. The summed E-state index contributed by atoms with van der Waals surface area (Å²) in [5.74, 6) is 0.396. The summed E-state index contributed by atoms with van der Waals surface area (Å²) in [6.07, 6.45) is 3.40. The van der Waals surface area contributed by atoms with Crippen LogP contribution in [0.4, 0.5) is 0 Å². The van der Waals surface area contributed by atoms with Gasteiger partial charge in [-0.2, -0.15) is 0 Å². The van der Waals surface area contributed by atoms with Crippen molar-refractivity contribution < 1.29 is 9.53 Å². The number of nitrogens with zero attached hydrogens (tertiary/aromatic N) is 1. The summed E-state index contributed by atoms with van der Waals surface area (Å²) in [5.41, 5.74) is 5.63. The molecule has 0 N–H and O–H groups in total. The highest BCUT2D eigenvalue weighted by molar-refractivity contribution is 5.80. The Morgan fingerprint density at radius 3 is 2.21 bits per heavy atom. The lowest BCUT2D eigenvalue weighted by atomic mass is 9.67. The summed E-state index contributed by atoms with van der Waals surface area (Å²) in [6.45, 7) is 4.26. The first-order valence-corrected chi connectivity index (χ1v) is 12.0. The first-order valence-electron chi connectivity index (χ1n) is 12.0. The zero-order valence-corrected chi connectivity index (χ0v) is 19.6. The summed E-state index contributed by atoms with van der Waals surface area (Å²) in [7, 11) is 0. The largest absolute Gasteiger partial charge is 0.426 e. The third kappa shape index (κ3) is 4.03. The Bertz CT molecular complexity index is 1240. The molecule has 170 valence electrons. The van der Waals surface area contributed by atoms with Crippen LogP contribution in [0.5, 0.6) is 5.75 Å². The quantitative estimate of drug-likeness (QED) is 0.223. The average molecular weight is 448 g/mol. The topological polar surface area (TPSA) is 39.2 Å². The van der Waals surface area contributed by atoms with Crippen LogP contribution in [-0.4, -0.2) is 11.0 Å². The first kappa shape index (κ1) is 22.1. The molecule has 1 aliphatic carbocycles. The van der Waals surface area contributed by atoms with Gasteiger partial charge in [-0.15, -0.1) is 0 Å². The molecular formula is C31H29NO2. The molecule has 34 heavy (non-hydrogen) atoms. The minimum Gasteiger partial charge on any atom is -0.426 e. The van der Waals surface area contributed by atoms with Gasteiger partial charge in [0.25, 0.3) is 0 Å². The van der Waals surface area contributed by atoms with Gasteiger partial charge >= 0.3 is 5.97 Å². The summed E-state index contributed by atoms with van der Waals surface area (Å²) >= 11 is 0. The van der Waals surface area contributed by atoms with E-state index in [0.29, 0.717) is 18.1 Å². The second-order valence-electron chi connectivity index (χ2n) is 9.38. The summed E-state index contributed by atoms with van der Waals surface area (Å²) in [4.78, 5) is 18.0. The number of carbonyl (C=O) groups excluding carboxylic acids is 1. The molecule has 0 radical (unpaired) electrons. The van der Waals surface area contributed by atoms with E-state index >= 15 is 0 Å². The molecule has 1 aliphatic rings. The van der Waals surface area contributed by atoms with Crippen LogP contribution in [0.2, 0.25) is 0 Å². The molecule has 1 heterocycles. The Morgan fingerprint density at radius 1 is 0.794 bits per heavy atom. The number of rotatable bonds is 7. The number of hydrogen-bond donors (Lipinski definition) is 0. The van der Waals surface area contributed by atoms with Gasteiger partial charge in [-0.3, -0.25) is 9.78 Å². The zero-order chi connectivity index (χ0) is 23.5. The van der Waals surface area contributed by atoms with Gasteiger partial charge in [0.1, 0.15) is 5.75 Å². The van der Waals surface area contributed by atoms with Gasteiger partial charge in [0, 0.05) is 17.2 Å². The maximum atomic E-state index is 13.2. The van der Waals surface area contributed by atoms with E-state index in [1.165, 1.54) is 22.3 Å². The van der Waals surface area contributed by atoms with Crippen molar-refractivity contribution in [3.63, 3.8) is 0 Å². The molecule has 0 amide bonds. The lowest BCUT2D eigenvalue weighted by Gasteiger charge is -2.36. The molecule has 0 fully saturated rings. The second kappa shape index (κ2) is 9.26. The van der Waals surface area contributed by atoms with E-state index in [2.05, 4.69) is 67.6 Å². The van der Waals surface area contributed by atoms with Crippen LogP contribution in [0.25, 0.3) is 11.3 Å². The van der Waals surface area contributed by atoms with Crippen LogP contribution in [-0.2, 0) is 10.2 Å². The predicted octanol–water partition coefficient (Wildman–Crippen LogP) is 7.17. The average Bonchev–Trinajstić information content (AvgIpc) is 3.15. The maximum absolute atomic E-state index is 13.2. The SMILES string of the molecule is C[C@@H](CC1(C[C@H](C)c2ccccc2)c2ccccc2-c2ncccc21)C(=O)Oc1ccccc1. The molecule has 0 bridgehead atoms. The molecule has 1 unspecified atom stereocenters. The fraction of sp³-hybridized carbons (Fsp3) is 0.226. The zero-order valence-electron chi connectivity index (χ0n) is 19.6. The van der Waals surface area contributed by atoms with E-state index < -0.39 is 0 Å². The number of benzene rings is 3. The van der Waals surface area contributed by atoms with Crippen molar-refractivity contribution in [2.24, 2.45) is 5.92 Å². The third-order valence-electron chi connectivity index (χ3n) is 7.06. The van der Waals surface area contributed by atoms with Crippen molar-refractivity contribution in [1.29, 1.82) is 0 Å². The third-order valence-corrected chi connectivity index (χ3v) is 7.06. The second-order valence-corrected chi connectivity index (χ2v) is 9.38. The van der Waals surface area contributed by atoms with Crippen molar-refractivity contribution in [3.05, 3.63) is 120 Å². The molecule has 0 saturated carbocycles. The predicted molar refractivity (Wildman–Crippen MR) is 136 cm³/mol. The lowest BCUT2D eigenvalue weighted by Crippen LogP contribution is -2.33. The van der Waals surface area contributed by atoms with Crippen LogP contribution in [0.15, 0.2) is 103 Å². The minimum atomic E-state index is -0.329. The fourth-order valence-electron chi connectivity index (χ4n) is 5.51. The van der Waals surface area contributed by atoms with E-state index in [1.54, 1.807) is 0 Å². The molecule has 3 atom stereocenters. The van der Waals surface area contributed by atoms with Crippen LogP contribution in [0, 0.1) is 5.92 Å². The van der Waals surface area contributed by atoms with Gasteiger partial charge in [0.15, 0.2) is 0 Å². The molecule has 5 rings (SSSR count). The number of aromatic nitrogens is 1. The molecular weight excluding hydrogens is 418 g/mol. The van der Waals surface area contributed by atoms with Gasteiger partial charge < -0.3 is 4.74 Å². The van der Waals surface area contributed by atoms with E-state index in [4.69, 9.17) is 9.72 Å². The summed E-state index contributed by atoms with van der Waals surface area (Å²) in [5, 5.41) is 0. The van der Waals surface area contributed by atoms with Gasteiger partial charge in [-0.1, -0.05) is 92.7 Å². The summed E-state index contributed by atoms with van der Waals surface area (Å²) < 4.78 is 5.74. The highest BCUT2D eigenvalue weighted by Crippen LogP contribution is 2.55. The number of carbonyl (C=O) groups is 1. The highest BCUT2D eigenvalue weighted by Gasteiger charge is 2.46. The number of para-hydroxylation sites is 1. The van der Waals surface area contributed by atoms with Crippen molar-refractivity contribution in [3.8, 4) is 17.0 Å². The number of ether oxygens (including phenoxy) is 1. The van der Waals surface area contributed by atoms with Crippen molar-refractivity contribution >= 4 is 5.97 Å². The highest BCUT2D eigenvalue weighted by atomic mass is 16.5. The van der Waals surface area contributed by atoms with Gasteiger partial charge in [-0.25, -0.2) is 0 Å². The smallest absolute Gasteiger partial charge is 0.314 e. The molecule has 3 nitrogen and oxygen atoms in total. The van der Waals surface area contributed by atoms with E-state index in [-0.39, 0.29) is 17.3 Å². The Morgan fingerprint density at radius 2 is 1.44 bits per heavy atom. The van der Waals surface area contributed by atoms with Crippen molar-refractivity contribution in [2.45, 2.75) is 38.0 Å². The Hall–Kier alpha value is -3.72. The normalized spacial score (nSPS) is 17.9. The molecule has 3 heteroatoms. The van der Waals surface area contributed by atoms with Crippen LogP contribution >= 0.6 is 0 Å². The molecule has 0 saturated heterocycles. The van der Waals surface area contributed by atoms with Crippen LogP contribution in [0.3, 0.4) is 0 Å². The van der Waals surface area contributed by atoms with E-state index in [0.717, 1.165) is 12.1 Å². The van der Waals surface area contributed by atoms with E-state index in [9.17, 15) is 4.79 Å². The number of fused-ring (bicyclic) bond motifs is 3. The fourth-order valence-corrected chi connectivity index (χ4v) is 5.51. The van der Waals surface area contributed by atoms with Gasteiger partial charge in [0.05, 0.1) is 11.6 Å². The van der Waals surface area contributed by atoms with Gasteiger partial charge in [-0.05, 0) is 53.6 Å². The molecule has 1 aromatic heterocycles. The van der Waals surface area contributed by atoms with Crippen LogP contribution in [0.1, 0.15) is 49.3 Å². The van der Waals surface area contributed by atoms with Crippen LogP contribution < -0.4 is 4.74 Å². The Labute approximate surface area is 201 Å². The maximum Gasteiger partial charge on any atom is 0.314 e. The number of pyridine rings is 1. The molecule has 3 aromatic carbocycles. The first-order chi connectivity index (χ1) is 16.6. The Kier molecular flexibility index (Phi) is 6.02. The molecule has 0 spiro atoms. The van der Waals surface area contributed by atoms with Crippen molar-refractivity contribution in [2.75, 3.05) is 0 Å². The number of hydrogen-bond acceptors (Lipinski definition) is 3. The molecule has 0 aliphatic heterocycles. The molecule has 4 aromatic rings. The number of esters is 1. The van der Waals surface area contributed by atoms with Crippen molar-refractivity contribution in [1.82, 2.24) is 4.98 Å². The Balaban J connectivity index is 1.55. The van der Waals surface area contributed by atoms with Gasteiger partial charge in [0.2, 0.25) is 0 Å². The minimum absolute atomic E-state index is 0.201. The summed E-state index contributed by atoms with van der Waals surface area (Å²) in [6, 6.07) is 32.7. The van der Waals surface area contributed by atoms with E-state index in [1.807, 2.05) is 49.5 Å². The standard InChI is InChI=1S/C31H29NO2/c1-22(24-12-5-3-6-13-24)20-31(21-23(2)30(33)34-25-14-7-4-8-15-25)27-17-10-9-16-26(27)29-28(31)18-11-19-32-29/h3-19,22-23H,20-21H2,1-2H3/t22-,23-,31?/m0/s1.